The fourth-order valence-corrected chi connectivity index (χ4v) is 3.34. The summed E-state index contributed by atoms with van der Waals surface area (Å²) >= 11 is 1.43. The molecule has 2 heterocycles. The van der Waals surface area contributed by atoms with Crippen molar-refractivity contribution in [2.75, 3.05) is 0 Å². The smallest absolute Gasteiger partial charge is 0.263 e. The van der Waals surface area contributed by atoms with Crippen molar-refractivity contribution in [3.05, 3.63) is 51.9 Å². The number of hydrogen-bond acceptors (Lipinski definition) is 5. The highest BCUT2D eigenvalue weighted by Gasteiger charge is 2.16. The maximum absolute atomic E-state index is 12.5. The Morgan fingerprint density at radius 1 is 1.33 bits per heavy atom. The van der Waals surface area contributed by atoms with Crippen LogP contribution in [0.25, 0.3) is 21.3 Å². The van der Waals surface area contributed by atoms with Gasteiger partial charge in [-0.2, -0.15) is 0 Å². The number of rotatable bonds is 3. The molecule has 0 unspecified atom stereocenters. The summed E-state index contributed by atoms with van der Waals surface area (Å²) in [6.45, 7) is 1.43. The third-order valence-corrected chi connectivity index (χ3v) is 4.23. The number of aromatic nitrogens is 2. The van der Waals surface area contributed by atoms with Crippen molar-refractivity contribution in [1.82, 2.24) is 9.55 Å². The summed E-state index contributed by atoms with van der Waals surface area (Å²) in [6, 6.07) is 9.54. The lowest BCUT2D eigenvalue weighted by Crippen LogP contribution is -2.32. The SMILES string of the molecule is Cc1sc2ncn(CC(=O)[O-])c(=O)c2c1-c1ccccc1. The molecule has 0 saturated carbocycles. The number of carboxylic acids is 1. The standard InChI is InChI=1S/C15H12N2O3S/c1-9-12(10-5-3-2-4-6-10)13-14(21-9)16-8-17(15(13)20)7-11(18)19/h2-6,8H,7H2,1H3,(H,18,19)/p-1. The van der Waals surface area contributed by atoms with Gasteiger partial charge in [-0.15, -0.1) is 11.3 Å². The minimum atomic E-state index is -1.31. The Morgan fingerprint density at radius 2 is 2.05 bits per heavy atom. The molecular weight excluding hydrogens is 288 g/mol. The molecule has 3 rings (SSSR count). The van der Waals surface area contributed by atoms with Crippen LogP contribution < -0.4 is 10.7 Å². The highest BCUT2D eigenvalue weighted by molar-refractivity contribution is 7.19. The molecule has 0 saturated heterocycles. The highest BCUT2D eigenvalue weighted by Crippen LogP contribution is 2.35. The lowest BCUT2D eigenvalue weighted by atomic mass is 10.0. The normalized spacial score (nSPS) is 10.9. The highest BCUT2D eigenvalue weighted by atomic mass is 32.1. The second kappa shape index (κ2) is 5.14. The Bertz CT molecular complexity index is 881. The Hall–Kier alpha value is -2.47. The summed E-state index contributed by atoms with van der Waals surface area (Å²) < 4.78 is 1.07. The van der Waals surface area contributed by atoms with E-state index in [0.29, 0.717) is 10.2 Å². The number of benzene rings is 1. The second-order valence-corrected chi connectivity index (χ2v) is 5.83. The third-order valence-electron chi connectivity index (χ3n) is 3.22. The first-order valence-electron chi connectivity index (χ1n) is 6.31. The molecule has 0 fully saturated rings. The van der Waals surface area contributed by atoms with Gasteiger partial charge >= 0.3 is 0 Å². The van der Waals surface area contributed by atoms with Crippen molar-refractivity contribution in [1.29, 1.82) is 0 Å². The van der Waals surface area contributed by atoms with Gasteiger partial charge in [0.25, 0.3) is 5.56 Å². The van der Waals surface area contributed by atoms with E-state index in [2.05, 4.69) is 4.98 Å². The van der Waals surface area contributed by atoms with Crippen LogP contribution in [0.2, 0.25) is 0 Å². The molecule has 2 aromatic heterocycles. The van der Waals surface area contributed by atoms with E-state index < -0.39 is 12.5 Å². The van der Waals surface area contributed by atoms with Crippen molar-refractivity contribution in [2.45, 2.75) is 13.5 Å². The lowest BCUT2D eigenvalue weighted by molar-refractivity contribution is -0.306. The summed E-state index contributed by atoms with van der Waals surface area (Å²) in [6.07, 6.45) is 1.26. The number of nitrogens with zero attached hydrogens (tertiary/aromatic N) is 2. The molecular formula is C15H11N2O3S-. The maximum atomic E-state index is 12.5. The van der Waals surface area contributed by atoms with E-state index in [-0.39, 0.29) is 5.56 Å². The predicted octanol–water partition coefficient (Wildman–Crippen LogP) is 1.18. The Labute approximate surface area is 124 Å². The predicted molar refractivity (Wildman–Crippen MR) is 79.1 cm³/mol. The van der Waals surface area contributed by atoms with E-state index in [4.69, 9.17) is 0 Å². The van der Waals surface area contributed by atoms with Crippen LogP contribution in [0.3, 0.4) is 0 Å². The van der Waals surface area contributed by atoms with E-state index in [9.17, 15) is 14.7 Å². The summed E-state index contributed by atoms with van der Waals surface area (Å²) in [5.41, 5.74) is 1.39. The quantitative estimate of drug-likeness (QED) is 0.728. The molecule has 0 bridgehead atoms. The van der Waals surface area contributed by atoms with Crippen LogP contribution in [0.1, 0.15) is 4.88 Å². The van der Waals surface area contributed by atoms with Crippen molar-refractivity contribution >= 4 is 27.5 Å². The van der Waals surface area contributed by atoms with Crippen molar-refractivity contribution in [3.8, 4) is 11.1 Å². The first kappa shape index (κ1) is 13.5. The molecule has 6 heteroatoms. The minimum absolute atomic E-state index is 0.354. The average molecular weight is 299 g/mol. The number of carbonyl (C=O) groups excluding carboxylic acids is 1. The third kappa shape index (κ3) is 2.34. The van der Waals surface area contributed by atoms with Crippen LogP contribution in [0.15, 0.2) is 41.5 Å². The van der Waals surface area contributed by atoms with Gasteiger partial charge in [-0.25, -0.2) is 4.98 Å². The molecule has 0 aliphatic rings. The van der Waals surface area contributed by atoms with Gasteiger partial charge in [0.15, 0.2) is 0 Å². The molecule has 0 amide bonds. The Kier molecular flexibility index (Phi) is 3.31. The molecule has 0 spiro atoms. The topological polar surface area (TPSA) is 75.0 Å². The van der Waals surface area contributed by atoms with Crippen LogP contribution in [0.5, 0.6) is 0 Å². The van der Waals surface area contributed by atoms with Gasteiger partial charge in [-0.3, -0.25) is 9.36 Å². The van der Waals surface area contributed by atoms with E-state index in [0.717, 1.165) is 20.6 Å². The van der Waals surface area contributed by atoms with Crippen LogP contribution in [0, 0.1) is 6.92 Å². The zero-order valence-corrected chi connectivity index (χ0v) is 12.0. The van der Waals surface area contributed by atoms with E-state index in [1.165, 1.54) is 17.7 Å². The number of fused-ring (bicyclic) bond motifs is 1. The summed E-state index contributed by atoms with van der Waals surface area (Å²) in [5, 5.41) is 11.2. The summed E-state index contributed by atoms with van der Waals surface area (Å²) in [4.78, 5) is 29.0. The number of hydrogen-bond donors (Lipinski definition) is 0. The van der Waals surface area contributed by atoms with Gasteiger partial charge in [0, 0.05) is 10.4 Å². The zero-order valence-electron chi connectivity index (χ0n) is 11.2. The number of aliphatic carboxylic acids is 1. The summed E-state index contributed by atoms with van der Waals surface area (Å²) in [7, 11) is 0. The van der Waals surface area contributed by atoms with E-state index in [1.807, 2.05) is 37.3 Å². The van der Waals surface area contributed by atoms with Gasteiger partial charge < -0.3 is 9.90 Å². The van der Waals surface area contributed by atoms with Crippen LogP contribution in [-0.2, 0) is 11.3 Å². The molecule has 0 N–H and O–H groups in total. The molecule has 106 valence electrons. The van der Waals surface area contributed by atoms with Crippen LogP contribution >= 0.6 is 11.3 Å². The van der Waals surface area contributed by atoms with Gasteiger partial charge in [0.05, 0.1) is 24.2 Å². The molecule has 0 atom stereocenters. The van der Waals surface area contributed by atoms with Gasteiger partial charge in [-0.05, 0) is 12.5 Å². The monoisotopic (exact) mass is 299 g/mol. The van der Waals surface area contributed by atoms with Crippen molar-refractivity contribution < 1.29 is 9.90 Å². The number of aryl methyl sites for hydroxylation is 1. The van der Waals surface area contributed by atoms with Gasteiger partial charge in [0.1, 0.15) is 4.83 Å². The first-order valence-corrected chi connectivity index (χ1v) is 7.13. The lowest BCUT2D eigenvalue weighted by Gasteiger charge is -2.06. The van der Waals surface area contributed by atoms with Gasteiger partial charge in [0.2, 0.25) is 0 Å². The second-order valence-electron chi connectivity index (χ2n) is 4.63. The largest absolute Gasteiger partial charge is 0.548 e. The number of thiophene rings is 1. The number of carbonyl (C=O) groups is 1. The van der Waals surface area contributed by atoms with Crippen molar-refractivity contribution in [3.63, 3.8) is 0 Å². The van der Waals surface area contributed by atoms with Crippen LogP contribution in [-0.4, -0.2) is 15.5 Å². The average Bonchev–Trinajstić information content (AvgIpc) is 2.79. The molecule has 1 aromatic carbocycles. The van der Waals surface area contributed by atoms with Crippen LogP contribution in [0.4, 0.5) is 0 Å². The molecule has 0 aliphatic carbocycles. The zero-order chi connectivity index (χ0) is 15.0. The molecule has 5 nitrogen and oxygen atoms in total. The fraction of sp³-hybridized carbons (Fsp3) is 0.133. The summed E-state index contributed by atoms with van der Waals surface area (Å²) in [5.74, 6) is -1.31. The molecule has 21 heavy (non-hydrogen) atoms. The molecule has 0 radical (unpaired) electrons. The molecule has 0 aliphatic heterocycles. The van der Waals surface area contributed by atoms with Crippen molar-refractivity contribution in [2.24, 2.45) is 0 Å². The maximum Gasteiger partial charge on any atom is 0.263 e. The minimum Gasteiger partial charge on any atom is -0.548 e. The Balaban J connectivity index is 2.32. The van der Waals surface area contributed by atoms with E-state index >= 15 is 0 Å². The van der Waals surface area contributed by atoms with E-state index in [1.54, 1.807) is 0 Å². The fourth-order valence-electron chi connectivity index (χ4n) is 2.34. The molecule has 3 aromatic rings. The Morgan fingerprint density at radius 3 is 2.71 bits per heavy atom. The van der Waals surface area contributed by atoms with Gasteiger partial charge in [-0.1, -0.05) is 30.3 Å². The first-order chi connectivity index (χ1) is 10.1. The number of carboxylic acid groups (broad SMARTS) is 1.